The Kier molecular flexibility index (Phi) is 5.32. The van der Waals surface area contributed by atoms with Crippen molar-refractivity contribution in [3.8, 4) is 16.9 Å². The molecule has 5 heteroatoms. The molecule has 1 aliphatic rings. The quantitative estimate of drug-likeness (QED) is 0.448. The number of rotatable bonds is 5. The van der Waals surface area contributed by atoms with Gasteiger partial charge < -0.3 is 15.0 Å². The van der Waals surface area contributed by atoms with Crippen molar-refractivity contribution >= 4 is 32.3 Å². The van der Waals surface area contributed by atoms with Crippen LogP contribution in [0.4, 0.5) is 0 Å². The van der Waals surface area contributed by atoms with E-state index in [4.69, 9.17) is 0 Å². The molecule has 2 aromatic carbocycles. The topological polar surface area (TPSA) is 56.3 Å². The van der Waals surface area contributed by atoms with Crippen LogP contribution in [-0.2, 0) is 6.42 Å². The van der Waals surface area contributed by atoms with E-state index in [1.165, 1.54) is 62.2 Å². The van der Waals surface area contributed by atoms with Gasteiger partial charge in [-0.2, -0.15) is 0 Å². The van der Waals surface area contributed by atoms with E-state index in [0.717, 1.165) is 33.8 Å². The molecule has 2 N–H and O–H groups in total. The number of aromatic amines is 1. The maximum atomic E-state index is 12.3. The van der Waals surface area contributed by atoms with Crippen LogP contribution in [0.1, 0.15) is 31.2 Å². The number of likely N-dealkylation sites (tertiary alicyclic amines) is 1. The number of thiophene rings is 1. The number of aryl methyl sites for hydroxylation is 1. The second-order valence-electron chi connectivity index (χ2n) is 8.20. The van der Waals surface area contributed by atoms with Gasteiger partial charge in [-0.05, 0) is 80.0 Å². The average molecular weight is 419 g/mol. The zero-order valence-corrected chi connectivity index (χ0v) is 17.8. The van der Waals surface area contributed by atoms with Crippen molar-refractivity contribution in [1.29, 1.82) is 0 Å². The molecule has 4 nitrogen and oxygen atoms in total. The minimum absolute atomic E-state index is 0.0757. The van der Waals surface area contributed by atoms with Crippen molar-refractivity contribution in [3.63, 3.8) is 0 Å². The monoisotopic (exact) mass is 418 g/mol. The first-order valence-electron chi connectivity index (χ1n) is 10.8. The normalized spacial score (nSPS) is 15.2. The van der Waals surface area contributed by atoms with Crippen molar-refractivity contribution in [2.75, 3.05) is 19.6 Å². The summed E-state index contributed by atoms with van der Waals surface area (Å²) in [4.78, 5) is 17.9. The van der Waals surface area contributed by atoms with Gasteiger partial charge in [0, 0.05) is 21.9 Å². The van der Waals surface area contributed by atoms with Gasteiger partial charge in [-0.15, -0.1) is 11.3 Å². The van der Waals surface area contributed by atoms with Gasteiger partial charge in [-0.1, -0.05) is 30.7 Å². The molecule has 3 heterocycles. The maximum absolute atomic E-state index is 12.3. The van der Waals surface area contributed by atoms with Gasteiger partial charge in [0.15, 0.2) is 0 Å². The van der Waals surface area contributed by atoms with E-state index >= 15 is 0 Å². The number of pyridine rings is 1. The predicted octanol–water partition coefficient (Wildman–Crippen LogP) is 5.53. The van der Waals surface area contributed by atoms with Crippen LogP contribution >= 0.6 is 11.3 Å². The van der Waals surface area contributed by atoms with Crippen LogP contribution in [0, 0.1) is 0 Å². The molecule has 5 rings (SSSR count). The SMILES string of the molecule is O=c1[nH]c2ccc(O)c(-c3ccc(CCCN4CCCCC4)cc3)c2c2ccsc12. The summed E-state index contributed by atoms with van der Waals surface area (Å²) in [5, 5.41) is 14.4. The summed E-state index contributed by atoms with van der Waals surface area (Å²) in [5.41, 5.74) is 3.76. The fourth-order valence-electron chi connectivity index (χ4n) is 4.66. The third-order valence-corrected chi connectivity index (χ3v) is 7.12. The zero-order chi connectivity index (χ0) is 20.5. The van der Waals surface area contributed by atoms with Gasteiger partial charge in [0.1, 0.15) is 10.4 Å². The van der Waals surface area contributed by atoms with Crippen molar-refractivity contribution in [2.24, 2.45) is 0 Å². The lowest BCUT2D eigenvalue weighted by Crippen LogP contribution is -2.30. The molecule has 4 aromatic rings. The highest BCUT2D eigenvalue weighted by Gasteiger charge is 2.15. The number of fused-ring (bicyclic) bond motifs is 3. The summed E-state index contributed by atoms with van der Waals surface area (Å²) in [6.45, 7) is 3.67. The van der Waals surface area contributed by atoms with Crippen molar-refractivity contribution in [1.82, 2.24) is 9.88 Å². The molecule has 0 spiro atoms. The number of nitrogens with one attached hydrogen (secondary N) is 1. The van der Waals surface area contributed by atoms with Gasteiger partial charge in [-0.3, -0.25) is 4.79 Å². The zero-order valence-electron chi connectivity index (χ0n) is 17.0. The largest absolute Gasteiger partial charge is 0.507 e. The van der Waals surface area contributed by atoms with Crippen LogP contribution in [0.5, 0.6) is 5.75 Å². The van der Waals surface area contributed by atoms with Crippen LogP contribution in [0.2, 0.25) is 0 Å². The molecule has 0 amide bonds. The molecule has 1 fully saturated rings. The van der Waals surface area contributed by atoms with Gasteiger partial charge in [0.25, 0.3) is 5.56 Å². The van der Waals surface area contributed by atoms with Gasteiger partial charge in [0.2, 0.25) is 0 Å². The number of aromatic hydroxyl groups is 1. The summed E-state index contributed by atoms with van der Waals surface area (Å²) >= 11 is 1.43. The molecule has 0 radical (unpaired) electrons. The summed E-state index contributed by atoms with van der Waals surface area (Å²) in [5.74, 6) is 0.236. The second-order valence-corrected chi connectivity index (χ2v) is 9.12. The van der Waals surface area contributed by atoms with E-state index in [2.05, 4.69) is 34.1 Å². The first-order chi connectivity index (χ1) is 14.7. The minimum Gasteiger partial charge on any atom is -0.507 e. The molecule has 2 aromatic heterocycles. The fraction of sp³-hybridized carbons (Fsp3) is 0.320. The standard InChI is InChI=1S/C25H26N2O2S/c28-21-11-10-20-23(19-12-16-30-24(19)25(29)26-20)22(21)18-8-6-17(7-9-18)5-4-15-27-13-2-1-3-14-27/h6-12,16,28H,1-5,13-15H2,(H,26,29). The Morgan fingerprint density at radius 1 is 1.00 bits per heavy atom. The molecule has 0 aliphatic carbocycles. The van der Waals surface area contributed by atoms with Crippen LogP contribution in [-0.4, -0.2) is 34.6 Å². The van der Waals surface area contributed by atoms with E-state index in [1.807, 2.05) is 11.4 Å². The highest BCUT2D eigenvalue weighted by Crippen LogP contribution is 2.39. The van der Waals surface area contributed by atoms with E-state index in [9.17, 15) is 9.90 Å². The Labute approximate surface area is 179 Å². The van der Waals surface area contributed by atoms with Gasteiger partial charge in [-0.25, -0.2) is 0 Å². The summed E-state index contributed by atoms with van der Waals surface area (Å²) in [7, 11) is 0. The molecule has 0 bridgehead atoms. The summed E-state index contributed by atoms with van der Waals surface area (Å²) < 4.78 is 0.698. The fourth-order valence-corrected chi connectivity index (χ4v) is 5.45. The van der Waals surface area contributed by atoms with E-state index < -0.39 is 0 Å². The van der Waals surface area contributed by atoms with Crippen LogP contribution in [0.25, 0.3) is 32.1 Å². The summed E-state index contributed by atoms with van der Waals surface area (Å²) in [6.07, 6.45) is 6.30. The Bertz CT molecular complexity index is 1230. The van der Waals surface area contributed by atoms with Crippen LogP contribution in [0.15, 0.2) is 52.6 Å². The Hall–Kier alpha value is -2.63. The average Bonchev–Trinajstić information content (AvgIpc) is 3.27. The number of hydrogen-bond donors (Lipinski definition) is 2. The molecule has 154 valence electrons. The third-order valence-electron chi connectivity index (χ3n) is 6.20. The molecule has 30 heavy (non-hydrogen) atoms. The van der Waals surface area contributed by atoms with E-state index in [-0.39, 0.29) is 11.3 Å². The van der Waals surface area contributed by atoms with Crippen molar-refractivity contribution in [2.45, 2.75) is 32.1 Å². The van der Waals surface area contributed by atoms with Crippen LogP contribution in [0.3, 0.4) is 0 Å². The van der Waals surface area contributed by atoms with Gasteiger partial charge in [0.05, 0.1) is 0 Å². The number of hydrogen-bond acceptors (Lipinski definition) is 4. The minimum atomic E-state index is -0.0757. The molecule has 1 aliphatic heterocycles. The van der Waals surface area contributed by atoms with Crippen molar-refractivity contribution in [3.05, 3.63) is 63.8 Å². The maximum Gasteiger partial charge on any atom is 0.266 e. The lowest BCUT2D eigenvalue weighted by Gasteiger charge is -2.26. The number of nitrogens with zero attached hydrogens (tertiary/aromatic N) is 1. The number of phenols is 1. The molecular formula is C25H26N2O2S. The van der Waals surface area contributed by atoms with Crippen LogP contribution < -0.4 is 5.56 Å². The predicted molar refractivity (Wildman–Crippen MR) is 126 cm³/mol. The van der Waals surface area contributed by atoms with Crippen molar-refractivity contribution < 1.29 is 5.11 Å². The molecule has 0 unspecified atom stereocenters. The number of H-pyrrole nitrogens is 1. The molecule has 0 saturated carbocycles. The highest BCUT2D eigenvalue weighted by molar-refractivity contribution is 7.17. The Balaban J connectivity index is 1.43. The Morgan fingerprint density at radius 3 is 2.60 bits per heavy atom. The second kappa shape index (κ2) is 8.25. The van der Waals surface area contributed by atoms with E-state index in [0.29, 0.717) is 4.70 Å². The molecule has 0 atom stereocenters. The number of phenolic OH excluding ortho intramolecular Hbond substituents is 1. The molecular weight excluding hydrogens is 392 g/mol. The number of piperidine rings is 1. The lowest BCUT2D eigenvalue weighted by atomic mass is 9.96. The highest BCUT2D eigenvalue weighted by atomic mass is 32.1. The Morgan fingerprint density at radius 2 is 1.80 bits per heavy atom. The van der Waals surface area contributed by atoms with Gasteiger partial charge >= 0.3 is 0 Å². The number of aromatic nitrogens is 1. The van der Waals surface area contributed by atoms with E-state index in [1.54, 1.807) is 12.1 Å². The smallest absolute Gasteiger partial charge is 0.266 e. The first-order valence-corrected chi connectivity index (χ1v) is 11.7. The number of benzene rings is 2. The molecule has 1 saturated heterocycles. The third kappa shape index (κ3) is 3.64. The lowest BCUT2D eigenvalue weighted by molar-refractivity contribution is 0.226. The summed E-state index contributed by atoms with van der Waals surface area (Å²) in [6, 6.07) is 13.9. The first kappa shape index (κ1) is 19.3.